The largest absolute Gasteiger partial charge is 0.332 e. The molecular weight excluding hydrogens is 239 g/mol. The highest BCUT2D eigenvalue weighted by Gasteiger charge is 2.08. The molecule has 0 aliphatic rings. The lowest BCUT2D eigenvalue weighted by molar-refractivity contribution is -0.128. The molecule has 0 saturated carbocycles. The molecule has 0 aliphatic heterocycles. The van der Waals surface area contributed by atoms with Crippen LogP contribution < -0.4 is 0 Å². The maximum atomic E-state index is 13.2. The van der Waals surface area contributed by atoms with Crippen molar-refractivity contribution in [2.45, 2.75) is 11.3 Å². The minimum Gasteiger partial charge on any atom is -0.332 e. The van der Waals surface area contributed by atoms with Crippen LogP contribution in [0.5, 0.6) is 0 Å². The Hall–Kier alpha value is -1.54. The van der Waals surface area contributed by atoms with Gasteiger partial charge in [-0.25, -0.2) is 4.39 Å². The normalized spacial score (nSPS) is 9.71. The Morgan fingerprint density at radius 3 is 2.88 bits per heavy atom. The molecule has 1 amide bonds. The van der Waals surface area contributed by atoms with Crippen molar-refractivity contribution in [1.82, 2.24) is 4.90 Å². The zero-order chi connectivity index (χ0) is 12.7. The van der Waals surface area contributed by atoms with E-state index in [1.54, 1.807) is 25.2 Å². The average Bonchev–Trinajstić information content (AvgIpc) is 2.31. The summed E-state index contributed by atoms with van der Waals surface area (Å²) >= 11 is 1.31. The molecule has 0 spiro atoms. The van der Waals surface area contributed by atoms with Crippen LogP contribution in [0, 0.1) is 17.1 Å². The molecule has 0 bridgehead atoms. The highest BCUT2D eigenvalue weighted by Crippen LogP contribution is 2.21. The third kappa shape index (κ3) is 4.45. The van der Waals surface area contributed by atoms with Crippen LogP contribution in [0.15, 0.2) is 29.2 Å². The summed E-state index contributed by atoms with van der Waals surface area (Å²) < 4.78 is 13.2. The van der Waals surface area contributed by atoms with Crippen LogP contribution in [0.2, 0.25) is 0 Å². The summed E-state index contributed by atoms with van der Waals surface area (Å²) in [5, 5.41) is 8.43. The summed E-state index contributed by atoms with van der Waals surface area (Å²) in [7, 11) is 1.58. The first-order valence-electron chi connectivity index (χ1n) is 5.13. The second kappa shape index (κ2) is 6.92. The molecule has 90 valence electrons. The van der Waals surface area contributed by atoms with Gasteiger partial charge in [-0.3, -0.25) is 4.79 Å². The van der Waals surface area contributed by atoms with Gasteiger partial charge in [0.15, 0.2) is 0 Å². The molecule has 1 aromatic carbocycles. The molecule has 0 aromatic heterocycles. The molecule has 0 radical (unpaired) electrons. The zero-order valence-corrected chi connectivity index (χ0v) is 10.3. The van der Waals surface area contributed by atoms with Crippen molar-refractivity contribution in [1.29, 1.82) is 5.26 Å². The second-order valence-electron chi connectivity index (χ2n) is 3.44. The second-order valence-corrected chi connectivity index (χ2v) is 4.57. The first kappa shape index (κ1) is 13.5. The molecule has 0 aliphatic carbocycles. The Kier molecular flexibility index (Phi) is 5.50. The zero-order valence-electron chi connectivity index (χ0n) is 9.52. The van der Waals surface area contributed by atoms with Gasteiger partial charge in [0, 0.05) is 24.1 Å². The van der Waals surface area contributed by atoms with Crippen molar-refractivity contribution in [3.63, 3.8) is 0 Å². The number of thioether (sulfide) groups is 1. The smallest absolute Gasteiger partial charge is 0.224 e. The Morgan fingerprint density at radius 2 is 2.24 bits per heavy atom. The van der Waals surface area contributed by atoms with Crippen LogP contribution in [-0.4, -0.2) is 30.2 Å². The van der Waals surface area contributed by atoms with E-state index in [4.69, 9.17) is 5.26 Å². The van der Waals surface area contributed by atoms with E-state index < -0.39 is 0 Å². The van der Waals surface area contributed by atoms with Gasteiger partial charge in [0.05, 0.1) is 6.07 Å². The minimum absolute atomic E-state index is 0.0865. The van der Waals surface area contributed by atoms with Crippen molar-refractivity contribution >= 4 is 17.7 Å². The standard InChI is InChI=1S/C12H13FN2OS/c1-15(8-7-14)12(16)6-9-17-11-5-3-2-4-10(11)13/h2-5H,6,8-9H2,1H3. The molecule has 0 atom stereocenters. The maximum Gasteiger partial charge on any atom is 0.224 e. The number of nitrogens with zero attached hydrogens (tertiary/aromatic N) is 2. The molecule has 0 unspecified atom stereocenters. The number of carbonyl (C=O) groups excluding carboxylic acids is 1. The highest BCUT2D eigenvalue weighted by atomic mass is 32.2. The molecule has 17 heavy (non-hydrogen) atoms. The number of rotatable bonds is 5. The maximum absolute atomic E-state index is 13.2. The number of nitriles is 1. The van der Waals surface area contributed by atoms with Gasteiger partial charge >= 0.3 is 0 Å². The van der Waals surface area contributed by atoms with Gasteiger partial charge < -0.3 is 4.90 Å². The summed E-state index contributed by atoms with van der Waals surface area (Å²) in [6.45, 7) is 0.0865. The van der Waals surface area contributed by atoms with E-state index in [0.29, 0.717) is 17.1 Å². The summed E-state index contributed by atoms with van der Waals surface area (Å²) in [4.78, 5) is 13.4. The lowest BCUT2D eigenvalue weighted by atomic mass is 10.3. The monoisotopic (exact) mass is 252 g/mol. The van der Waals surface area contributed by atoms with Gasteiger partial charge in [-0.15, -0.1) is 11.8 Å². The minimum atomic E-state index is -0.268. The van der Waals surface area contributed by atoms with Crippen LogP contribution in [-0.2, 0) is 4.79 Å². The molecule has 0 heterocycles. The van der Waals surface area contributed by atoms with Gasteiger partial charge in [-0.1, -0.05) is 12.1 Å². The van der Waals surface area contributed by atoms with Crippen LogP contribution in [0.3, 0.4) is 0 Å². The number of halogens is 1. The summed E-state index contributed by atoms with van der Waals surface area (Å²) in [6, 6.07) is 8.37. The lowest BCUT2D eigenvalue weighted by Crippen LogP contribution is -2.27. The van der Waals surface area contributed by atoms with E-state index in [1.807, 2.05) is 6.07 Å². The van der Waals surface area contributed by atoms with E-state index in [0.717, 1.165) is 0 Å². The van der Waals surface area contributed by atoms with Crippen LogP contribution in [0.25, 0.3) is 0 Å². The molecule has 5 heteroatoms. The van der Waals surface area contributed by atoms with E-state index in [1.165, 1.54) is 22.7 Å². The topological polar surface area (TPSA) is 44.1 Å². The Morgan fingerprint density at radius 1 is 1.53 bits per heavy atom. The van der Waals surface area contributed by atoms with Gasteiger partial charge in [-0.2, -0.15) is 5.26 Å². The Balaban J connectivity index is 2.36. The van der Waals surface area contributed by atoms with E-state index in [2.05, 4.69) is 0 Å². The first-order chi connectivity index (χ1) is 8.15. The quantitative estimate of drug-likeness (QED) is 0.596. The average molecular weight is 252 g/mol. The summed E-state index contributed by atoms with van der Waals surface area (Å²) in [5.41, 5.74) is 0. The molecule has 0 N–H and O–H groups in total. The van der Waals surface area contributed by atoms with Crippen LogP contribution in [0.1, 0.15) is 6.42 Å². The highest BCUT2D eigenvalue weighted by molar-refractivity contribution is 7.99. The van der Waals surface area contributed by atoms with Crippen molar-refractivity contribution in [2.75, 3.05) is 19.3 Å². The number of carbonyl (C=O) groups is 1. The third-order valence-electron chi connectivity index (χ3n) is 2.14. The molecular formula is C12H13FN2OS. The Bertz CT molecular complexity index is 431. The van der Waals surface area contributed by atoms with Crippen molar-refractivity contribution in [3.8, 4) is 6.07 Å². The molecule has 0 fully saturated rings. The Labute approximate surface area is 104 Å². The number of hydrogen-bond donors (Lipinski definition) is 0. The van der Waals surface area contributed by atoms with Gasteiger partial charge in [0.1, 0.15) is 12.4 Å². The predicted octanol–water partition coefficient (Wildman–Crippen LogP) is 2.29. The number of benzene rings is 1. The molecule has 0 saturated heterocycles. The fourth-order valence-electron chi connectivity index (χ4n) is 1.20. The number of amides is 1. The lowest BCUT2D eigenvalue weighted by Gasteiger charge is -2.12. The molecule has 3 nitrogen and oxygen atoms in total. The molecule has 1 rings (SSSR count). The van der Waals surface area contributed by atoms with Crippen molar-refractivity contribution in [2.24, 2.45) is 0 Å². The number of hydrogen-bond acceptors (Lipinski definition) is 3. The van der Waals surface area contributed by atoms with Gasteiger partial charge in [0.2, 0.25) is 5.91 Å². The third-order valence-corrected chi connectivity index (χ3v) is 3.19. The first-order valence-corrected chi connectivity index (χ1v) is 6.12. The SMILES string of the molecule is CN(CC#N)C(=O)CCSc1ccccc1F. The van der Waals surface area contributed by atoms with E-state index >= 15 is 0 Å². The fraction of sp³-hybridized carbons (Fsp3) is 0.333. The van der Waals surface area contributed by atoms with E-state index in [9.17, 15) is 9.18 Å². The van der Waals surface area contributed by atoms with Crippen molar-refractivity contribution in [3.05, 3.63) is 30.1 Å². The fourth-order valence-corrected chi connectivity index (χ4v) is 2.07. The van der Waals surface area contributed by atoms with Crippen LogP contribution in [0.4, 0.5) is 4.39 Å². The van der Waals surface area contributed by atoms with Crippen LogP contribution >= 0.6 is 11.8 Å². The van der Waals surface area contributed by atoms with Crippen molar-refractivity contribution < 1.29 is 9.18 Å². The summed E-state index contributed by atoms with van der Waals surface area (Å²) in [5.74, 6) is 0.140. The van der Waals surface area contributed by atoms with Gasteiger partial charge in [-0.05, 0) is 12.1 Å². The molecule has 1 aromatic rings. The van der Waals surface area contributed by atoms with E-state index in [-0.39, 0.29) is 18.3 Å². The summed E-state index contributed by atoms with van der Waals surface area (Å²) in [6.07, 6.45) is 0.303. The predicted molar refractivity (Wildman–Crippen MR) is 65.0 cm³/mol. The van der Waals surface area contributed by atoms with Gasteiger partial charge in [0.25, 0.3) is 0 Å².